The summed E-state index contributed by atoms with van der Waals surface area (Å²) in [5.41, 5.74) is 7.58. The molecule has 0 bridgehead atoms. The number of ether oxygens (including phenoxy) is 2. The molecule has 5 rings (SSSR count). The molecule has 2 aliphatic heterocycles. The molecule has 2 aromatic heterocycles. The number of morpholine rings is 2. The smallest absolute Gasteiger partial charge is 0.254 e. The van der Waals surface area contributed by atoms with Crippen LogP contribution >= 0.6 is 11.3 Å². The first-order chi connectivity index (χ1) is 17.6. The minimum atomic E-state index is -0.526. The SMILES string of the molecule is NC(=O)c1cc(-c2ccc(C(=O)N3CCOCC3)cc2)sc1Nc1ccnc(CN2CCOCC2)n1. The number of carbonyl (C=O) groups excluding carboxylic acids is 2. The van der Waals surface area contributed by atoms with Gasteiger partial charge in [0.05, 0.1) is 38.5 Å². The fourth-order valence-corrected chi connectivity index (χ4v) is 5.23. The van der Waals surface area contributed by atoms with Crippen LogP contribution in [0.1, 0.15) is 26.5 Å². The van der Waals surface area contributed by atoms with Gasteiger partial charge in [0.15, 0.2) is 0 Å². The molecule has 10 nitrogen and oxygen atoms in total. The summed E-state index contributed by atoms with van der Waals surface area (Å²) >= 11 is 1.41. The van der Waals surface area contributed by atoms with E-state index in [1.54, 1.807) is 23.2 Å². The maximum atomic E-state index is 12.7. The largest absolute Gasteiger partial charge is 0.379 e. The van der Waals surface area contributed by atoms with Crippen molar-refractivity contribution in [3.8, 4) is 10.4 Å². The Hall–Kier alpha value is -3.38. The fourth-order valence-electron chi connectivity index (χ4n) is 4.16. The van der Waals surface area contributed by atoms with Gasteiger partial charge in [-0.05, 0) is 29.8 Å². The summed E-state index contributed by atoms with van der Waals surface area (Å²) in [4.78, 5) is 38.8. The summed E-state index contributed by atoms with van der Waals surface area (Å²) in [6, 6.07) is 10.9. The van der Waals surface area contributed by atoms with E-state index in [1.165, 1.54) is 11.3 Å². The highest BCUT2D eigenvalue weighted by Crippen LogP contribution is 2.37. The maximum Gasteiger partial charge on any atom is 0.254 e. The lowest BCUT2D eigenvalue weighted by atomic mass is 10.1. The molecule has 4 heterocycles. The van der Waals surface area contributed by atoms with Gasteiger partial charge in [-0.3, -0.25) is 14.5 Å². The zero-order chi connectivity index (χ0) is 24.9. The van der Waals surface area contributed by atoms with Crippen LogP contribution in [0.2, 0.25) is 0 Å². The van der Waals surface area contributed by atoms with Crippen LogP contribution in [0.4, 0.5) is 10.8 Å². The van der Waals surface area contributed by atoms with E-state index in [0.717, 1.165) is 23.5 Å². The molecule has 3 aromatic rings. The van der Waals surface area contributed by atoms with Crippen LogP contribution in [-0.4, -0.2) is 84.2 Å². The maximum absolute atomic E-state index is 12.7. The standard InChI is InChI=1S/C25H28N6O4S/c26-23(32)19-15-20(17-1-3-18(4-2-17)25(33)31-9-13-35-14-10-31)36-24(19)29-21-5-6-27-22(28-21)16-30-7-11-34-12-8-30/h1-6,15H,7-14,16H2,(H2,26,32)(H,27,28,29). The van der Waals surface area contributed by atoms with E-state index in [9.17, 15) is 9.59 Å². The highest BCUT2D eigenvalue weighted by molar-refractivity contribution is 7.19. The zero-order valence-electron chi connectivity index (χ0n) is 19.8. The third kappa shape index (κ3) is 5.71. The van der Waals surface area contributed by atoms with Crippen molar-refractivity contribution in [2.24, 2.45) is 5.73 Å². The Balaban J connectivity index is 1.32. The molecule has 0 atom stereocenters. The van der Waals surface area contributed by atoms with E-state index >= 15 is 0 Å². The van der Waals surface area contributed by atoms with Crippen LogP contribution in [0.5, 0.6) is 0 Å². The topological polar surface area (TPSA) is 123 Å². The van der Waals surface area contributed by atoms with E-state index in [0.29, 0.717) is 73.8 Å². The number of hydrogen-bond donors (Lipinski definition) is 2. The molecule has 0 aliphatic carbocycles. The van der Waals surface area contributed by atoms with Crippen molar-refractivity contribution in [1.82, 2.24) is 19.8 Å². The minimum Gasteiger partial charge on any atom is -0.379 e. The first-order valence-corrected chi connectivity index (χ1v) is 12.7. The van der Waals surface area contributed by atoms with Gasteiger partial charge in [-0.15, -0.1) is 11.3 Å². The van der Waals surface area contributed by atoms with E-state index in [4.69, 9.17) is 15.2 Å². The lowest BCUT2D eigenvalue weighted by Gasteiger charge is -2.26. The molecule has 0 radical (unpaired) electrons. The van der Waals surface area contributed by atoms with Crippen molar-refractivity contribution in [2.75, 3.05) is 57.9 Å². The summed E-state index contributed by atoms with van der Waals surface area (Å²) in [7, 11) is 0. The summed E-state index contributed by atoms with van der Waals surface area (Å²) in [5, 5.41) is 3.86. The molecular weight excluding hydrogens is 480 g/mol. The molecule has 0 unspecified atom stereocenters. The van der Waals surface area contributed by atoms with Gasteiger partial charge >= 0.3 is 0 Å². The number of rotatable bonds is 7. The number of carbonyl (C=O) groups is 2. The number of anilines is 2. The van der Waals surface area contributed by atoms with Crippen molar-refractivity contribution >= 4 is 34.0 Å². The molecule has 0 saturated carbocycles. The molecular formula is C25H28N6O4S. The van der Waals surface area contributed by atoms with Crippen LogP contribution in [0, 0.1) is 0 Å². The van der Waals surface area contributed by atoms with Gasteiger partial charge in [-0.25, -0.2) is 9.97 Å². The minimum absolute atomic E-state index is 0.00662. The van der Waals surface area contributed by atoms with Crippen LogP contribution < -0.4 is 11.1 Å². The lowest BCUT2D eigenvalue weighted by molar-refractivity contribution is 0.0303. The van der Waals surface area contributed by atoms with Crippen molar-refractivity contribution in [3.63, 3.8) is 0 Å². The number of nitrogens with one attached hydrogen (secondary N) is 1. The molecule has 36 heavy (non-hydrogen) atoms. The Morgan fingerprint density at radius 1 is 1.00 bits per heavy atom. The predicted octanol–water partition coefficient (Wildman–Crippen LogP) is 2.35. The fraction of sp³-hybridized carbons (Fsp3) is 0.360. The van der Waals surface area contributed by atoms with Gasteiger partial charge in [0.2, 0.25) is 0 Å². The van der Waals surface area contributed by atoms with E-state index in [-0.39, 0.29) is 5.91 Å². The predicted molar refractivity (Wildman–Crippen MR) is 136 cm³/mol. The van der Waals surface area contributed by atoms with Crippen molar-refractivity contribution in [3.05, 3.63) is 59.5 Å². The highest BCUT2D eigenvalue weighted by atomic mass is 32.1. The molecule has 188 valence electrons. The van der Waals surface area contributed by atoms with Crippen molar-refractivity contribution in [1.29, 1.82) is 0 Å². The van der Waals surface area contributed by atoms with E-state index < -0.39 is 5.91 Å². The normalized spacial score (nSPS) is 16.6. The number of nitrogens with zero attached hydrogens (tertiary/aromatic N) is 4. The summed E-state index contributed by atoms with van der Waals surface area (Å²) in [5.74, 6) is 0.755. The van der Waals surface area contributed by atoms with Crippen LogP contribution in [0.3, 0.4) is 0 Å². The van der Waals surface area contributed by atoms with Crippen LogP contribution in [-0.2, 0) is 16.0 Å². The molecule has 2 amide bonds. The summed E-state index contributed by atoms with van der Waals surface area (Å²) in [6.45, 7) is 6.06. The van der Waals surface area contributed by atoms with Crippen molar-refractivity contribution < 1.29 is 19.1 Å². The number of nitrogens with two attached hydrogens (primary N) is 1. The first kappa shape index (κ1) is 24.3. The third-order valence-electron chi connectivity index (χ3n) is 6.13. The number of benzene rings is 1. The second-order valence-electron chi connectivity index (χ2n) is 8.57. The van der Waals surface area contributed by atoms with E-state index in [1.807, 2.05) is 24.3 Å². The lowest BCUT2D eigenvalue weighted by Crippen LogP contribution is -2.40. The number of thiophene rings is 1. The van der Waals surface area contributed by atoms with Gasteiger partial charge in [-0.2, -0.15) is 0 Å². The molecule has 2 aliphatic rings. The zero-order valence-corrected chi connectivity index (χ0v) is 20.6. The van der Waals surface area contributed by atoms with Crippen molar-refractivity contribution in [2.45, 2.75) is 6.54 Å². The number of primary amides is 1. The van der Waals surface area contributed by atoms with Gasteiger partial charge in [0.1, 0.15) is 16.6 Å². The number of amides is 2. The third-order valence-corrected chi connectivity index (χ3v) is 7.23. The molecule has 3 N–H and O–H groups in total. The molecule has 2 saturated heterocycles. The van der Waals surface area contributed by atoms with Gasteiger partial charge in [0, 0.05) is 42.8 Å². The Kier molecular flexibility index (Phi) is 7.52. The quantitative estimate of drug-likeness (QED) is 0.499. The average molecular weight is 509 g/mol. The Bertz CT molecular complexity index is 1220. The second-order valence-corrected chi connectivity index (χ2v) is 9.62. The van der Waals surface area contributed by atoms with E-state index in [2.05, 4.69) is 20.2 Å². The monoisotopic (exact) mass is 508 g/mol. The van der Waals surface area contributed by atoms with Crippen LogP contribution in [0.25, 0.3) is 10.4 Å². The van der Waals surface area contributed by atoms with Gasteiger partial charge < -0.3 is 25.4 Å². The number of aromatic nitrogens is 2. The van der Waals surface area contributed by atoms with Gasteiger partial charge in [0.25, 0.3) is 11.8 Å². The molecule has 1 aromatic carbocycles. The molecule has 11 heteroatoms. The highest BCUT2D eigenvalue weighted by Gasteiger charge is 2.20. The molecule has 2 fully saturated rings. The Morgan fingerprint density at radius 2 is 1.69 bits per heavy atom. The summed E-state index contributed by atoms with van der Waals surface area (Å²) < 4.78 is 10.7. The first-order valence-electron chi connectivity index (χ1n) is 11.9. The Labute approximate surface area is 213 Å². The molecule has 0 spiro atoms. The van der Waals surface area contributed by atoms with Crippen LogP contribution in [0.15, 0.2) is 42.6 Å². The number of hydrogen-bond acceptors (Lipinski definition) is 9. The second kappa shape index (κ2) is 11.1. The van der Waals surface area contributed by atoms with Gasteiger partial charge in [-0.1, -0.05) is 12.1 Å². The Morgan fingerprint density at radius 3 is 2.39 bits per heavy atom. The average Bonchev–Trinajstić information content (AvgIpc) is 3.34. The summed E-state index contributed by atoms with van der Waals surface area (Å²) in [6.07, 6.45) is 1.70.